The van der Waals surface area contributed by atoms with Crippen LogP contribution in [0.4, 0.5) is 0 Å². The number of nitrogens with zero attached hydrogens (tertiary/aromatic N) is 4. The predicted molar refractivity (Wildman–Crippen MR) is 196 cm³/mol. The molecule has 2 amide bonds. The van der Waals surface area contributed by atoms with E-state index in [4.69, 9.17) is 0 Å². The number of hydrogen-bond donors (Lipinski definition) is 0. The molecule has 0 aromatic heterocycles. The lowest BCUT2D eigenvalue weighted by Gasteiger charge is -2.35. The summed E-state index contributed by atoms with van der Waals surface area (Å²) in [7, 11) is 0. The van der Waals surface area contributed by atoms with Gasteiger partial charge in [0, 0.05) is 52.4 Å². The van der Waals surface area contributed by atoms with Gasteiger partial charge in [-0.15, -0.1) is 34.0 Å². The van der Waals surface area contributed by atoms with Crippen LogP contribution in [0.5, 0.6) is 0 Å². The van der Waals surface area contributed by atoms with Crippen LogP contribution in [-0.4, -0.2) is 83.8 Å². The summed E-state index contributed by atoms with van der Waals surface area (Å²) in [5.74, 6) is 1.05. The Hall–Kier alpha value is -0.960. The largest absolute Gasteiger partial charge is 0.342 e. The molecule has 1 aromatic carbocycles. The van der Waals surface area contributed by atoms with Crippen LogP contribution in [0.3, 0.4) is 0 Å². The molecule has 2 aliphatic rings. The monoisotopic (exact) mass is 742 g/mol. The Balaban J connectivity index is 0.00000484. The Morgan fingerprint density at radius 1 is 0.614 bits per heavy atom. The predicted octanol–water partition coefficient (Wildman–Crippen LogP) is 8.12. The molecule has 254 valence electrons. The molecule has 8 heteroatoms. The van der Waals surface area contributed by atoms with Gasteiger partial charge in [0.05, 0.1) is 11.8 Å². The average Bonchev–Trinajstić information content (AvgIpc) is 3.02. The highest BCUT2D eigenvalue weighted by atomic mass is 79.9. The lowest BCUT2D eigenvalue weighted by atomic mass is 9.95. The van der Waals surface area contributed by atoms with E-state index in [0.29, 0.717) is 11.8 Å². The van der Waals surface area contributed by atoms with Gasteiger partial charge in [-0.2, -0.15) is 0 Å². The molecule has 6 nitrogen and oxygen atoms in total. The molecule has 2 heterocycles. The summed E-state index contributed by atoms with van der Waals surface area (Å²) in [6.07, 6.45) is 13.2. The summed E-state index contributed by atoms with van der Waals surface area (Å²) in [5, 5.41) is 0. The molecule has 0 bridgehead atoms. The lowest BCUT2D eigenvalue weighted by molar-refractivity contribution is -0.138. The molecule has 2 saturated heterocycles. The van der Waals surface area contributed by atoms with Gasteiger partial charge in [0.25, 0.3) is 0 Å². The van der Waals surface area contributed by atoms with Crippen molar-refractivity contribution in [3.05, 3.63) is 35.4 Å². The molecule has 0 N–H and O–H groups in total. The SMILES string of the molecule is Br.Br.CCCCN(CCCC)C(=O)C1CCCN(Cc2ccc(CN3CCCC(C(=O)N(CCCC)CCCC)C3)cc2)C1. The van der Waals surface area contributed by atoms with Crippen LogP contribution in [0.25, 0.3) is 0 Å². The zero-order valence-electron chi connectivity index (χ0n) is 28.4. The minimum atomic E-state index is 0. The van der Waals surface area contributed by atoms with Gasteiger partial charge < -0.3 is 9.80 Å². The Kier molecular flexibility index (Phi) is 21.8. The standard InChI is InChI=1S/C36H62N4O2.2BrH/c1-5-9-23-39(24-10-6-2)35(41)33-15-13-21-37(29-33)27-31-17-19-32(20-18-31)28-38-22-14-16-34(30-38)36(42)40(25-11-7-3)26-12-8-4;;/h17-20,33-34H,5-16,21-30H2,1-4H3;2*1H. The summed E-state index contributed by atoms with van der Waals surface area (Å²) in [5.41, 5.74) is 2.66. The number of unbranched alkanes of at least 4 members (excludes halogenated alkanes) is 4. The van der Waals surface area contributed by atoms with E-state index >= 15 is 0 Å². The fourth-order valence-electron chi connectivity index (χ4n) is 6.64. The number of carbonyl (C=O) groups is 2. The van der Waals surface area contributed by atoms with E-state index in [1.807, 2.05) is 0 Å². The van der Waals surface area contributed by atoms with Crippen molar-refractivity contribution in [1.29, 1.82) is 0 Å². The van der Waals surface area contributed by atoms with Crippen LogP contribution in [0, 0.1) is 11.8 Å². The minimum Gasteiger partial charge on any atom is -0.342 e. The number of piperidine rings is 2. The van der Waals surface area contributed by atoms with Crippen molar-refractivity contribution in [1.82, 2.24) is 19.6 Å². The van der Waals surface area contributed by atoms with Crippen LogP contribution in [0.1, 0.15) is 116 Å². The summed E-state index contributed by atoms with van der Waals surface area (Å²) < 4.78 is 0. The number of hydrogen-bond acceptors (Lipinski definition) is 4. The lowest BCUT2D eigenvalue weighted by Crippen LogP contribution is -2.45. The van der Waals surface area contributed by atoms with Crippen LogP contribution in [-0.2, 0) is 22.7 Å². The third-order valence-electron chi connectivity index (χ3n) is 9.29. The van der Waals surface area contributed by atoms with Gasteiger partial charge in [-0.3, -0.25) is 19.4 Å². The normalized spacial score (nSPS) is 19.1. The molecule has 2 fully saturated rings. The van der Waals surface area contributed by atoms with Gasteiger partial charge in [-0.1, -0.05) is 77.6 Å². The molecule has 3 rings (SSSR count). The van der Waals surface area contributed by atoms with Crippen molar-refractivity contribution in [3.63, 3.8) is 0 Å². The molecule has 0 saturated carbocycles. The van der Waals surface area contributed by atoms with Gasteiger partial charge in [-0.25, -0.2) is 0 Å². The zero-order chi connectivity index (χ0) is 30.2. The van der Waals surface area contributed by atoms with Gasteiger partial charge in [0.1, 0.15) is 0 Å². The first-order valence-electron chi connectivity index (χ1n) is 17.6. The second-order valence-corrected chi connectivity index (χ2v) is 13.0. The molecule has 2 aliphatic heterocycles. The van der Waals surface area contributed by atoms with E-state index in [2.05, 4.69) is 71.6 Å². The summed E-state index contributed by atoms with van der Waals surface area (Å²) >= 11 is 0. The highest BCUT2D eigenvalue weighted by Crippen LogP contribution is 2.24. The molecule has 2 unspecified atom stereocenters. The first-order valence-corrected chi connectivity index (χ1v) is 17.6. The highest BCUT2D eigenvalue weighted by Gasteiger charge is 2.30. The maximum atomic E-state index is 13.4. The number of halogens is 2. The van der Waals surface area contributed by atoms with Gasteiger partial charge in [0.15, 0.2) is 0 Å². The molecular formula is C36H64Br2N4O2. The number of benzene rings is 1. The van der Waals surface area contributed by atoms with E-state index in [0.717, 1.165) is 142 Å². The maximum absolute atomic E-state index is 13.4. The van der Waals surface area contributed by atoms with Crippen LogP contribution >= 0.6 is 34.0 Å². The number of rotatable bonds is 18. The van der Waals surface area contributed by atoms with E-state index in [1.165, 1.54) is 11.1 Å². The number of amides is 2. The quantitative estimate of drug-likeness (QED) is 0.153. The molecule has 0 spiro atoms. The second kappa shape index (κ2) is 23.4. The molecule has 0 radical (unpaired) electrons. The summed E-state index contributed by atoms with van der Waals surface area (Å²) in [6.45, 7) is 18.2. The topological polar surface area (TPSA) is 47.1 Å². The summed E-state index contributed by atoms with van der Waals surface area (Å²) in [4.78, 5) is 36.1. The van der Waals surface area contributed by atoms with Crippen LogP contribution < -0.4 is 0 Å². The van der Waals surface area contributed by atoms with Gasteiger partial charge in [0.2, 0.25) is 11.8 Å². The zero-order valence-corrected chi connectivity index (χ0v) is 31.9. The molecular weight excluding hydrogens is 680 g/mol. The van der Waals surface area contributed by atoms with Crippen molar-refractivity contribution >= 4 is 45.8 Å². The fourth-order valence-corrected chi connectivity index (χ4v) is 6.64. The third-order valence-corrected chi connectivity index (χ3v) is 9.29. The van der Waals surface area contributed by atoms with Gasteiger partial charge >= 0.3 is 0 Å². The molecule has 2 atom stereocenters. The Morgan fingerprint density at radius 2 is 0.932 bits per heavy atom. The minimum absolute atomic E-state index is 0. The van der Waals surface area contributed by atoms with E-state index in [-0.39, 0.29) is 45.8 Å². The fraction of sp³-hybridized carbons (Fsp3) is 0.778. The first kappa shape index (κ1) is 41.1. The van der Waals surface area contributed by atoms with Crippen molar-refractivity contribution in [2.75, 3.05) is 52.4 Å². The first-order chi connectivity index (χ1) is 20.5. The van der Waals surface area contributed by atoms with E-state index < -0.39 is 0 Å². The van der Waals surface area contributed by atoms with Crippen molar-refractivity contribution in [3.8, 4) is 0 Å². The Bertz CT molecular complexity index is 827. The van der Waals surface area contributed by atoms with E-state index in [9.17, 15) is 9.59 Å². The van der Waals surface area contributed by atoms with Crippen LogP contribution in [0.2, 0.25) is 0 Å². The van der Waals surface area contributed by atoms with Crippen molar-refractivity contribution < 1.29 is 9.59 Å². The Labute approximate surface area is 291 Å². The molecule has 0 aliphatic carbocycles. The second-order valence-electron chi connectivity index (χ2n) is 13.0. The van der Waals surface area contributed by atoms with Crippen molar-refractivity contribution in [2.24, 2.45) is 11.8 Å². The smallest absolute Gasteiger partial charge is 0.226 e. The highest BCUT2D eigenvalue weighted by molar-refractivity contribution is 8.93. The molecule has 1 aromatic rings. The van der Waals surface area contributed by atoms with Crippen molar-refractivity contribution in [2.45, 2.75) is 118 Å². The third kappa shape index (κ3) is 13.8. The average molecular weight is 745 g/mol. The van der Waals surface area contributed by atoms with Gasteiger partial charge in [-0.05, 0) is 75.6 Å². The Morgan fingerprint density at radius 3 is 1.23 bits per heavy atom. The van der Waals surface area contributed by atoms with E-state index in [1.54, 1.807) is 0 Å². The number of likely N-dealkylation sites (tertiary alicyclic amines) is 2. The molecule has 44 heavy (non-hydrogen) atoms. The maximum Gasteiger partial charge on any atom is 0.226 e. The van der Waals surface area contributed by atoms with Crippen LogP contribution in [0.15, 0.2) is 24.3 Å². The summed E-state index contributed by atoms with van der Waals surface area (Å²) in [6, 6.07) is 9.11. The number of carbonyl (C=O) groups excluding carboxylic acids is 2.